The van der Waals surface area contributed by atoms with E-state index in [0.717, 1.165) is 35.9 Å². The molecule has 1 fully saturated rings. The van der Waals surface area contributed by atoms with Gasteiger partial charge in [-0.05, 0) is 12.8 Å². The van der Waals surface area contributed by atoms with Crippen LogP contribution in [0.4, 0.5) is 9.93 Å². The Kier molecular flexibility index (Phi) is 3.80. The molecule has 7 heteroatoms. The van der Waals surface area contributed by atoms with E-state index in [1.54, 1.807) is 6.20 Å². The Morgan fingerprint density at radius 1 is 1.65 bits per heavy atom. The highest BCUT2D eigenvalue weighted by Gasteiger charge is 2.19. The Hall–Kier alpha value is -1.34. The summed E-state index contributed by atoms with van der Waals surface area (Å²) >= 11 is 1.48. The quantitative estimate of drug-likeness (QED) is 0.832. The van der Waals surface area contributed by atoms with Gasteiger partial charge in [0, 0.05) is 19.3 Å². The Bertz CT molecular complexity index is 388. The van der Waals surface area contributed by atoms with E-state index in [1.165, 1.54) is 11.3 Å². The van der Waals surface area contributed by atoms with Gasteiger partial charge in [-0.25, -0.2) is 9.78 Å². The first kappa shape index (κ1) is 12.1. The van der Waals surface area contributed by atoms with Crippen LogP contribution in [0.25, 0.3) is 0 Å². The fraction of sp³-hybridized carbons (Fsp3) is 0.600. The summed E-state index contributed by atoms with van der Waals surface area (Å²) in [5, 5.41) is 10.3. The predicted octanol–water partition coefficient (Wildman–Crippen LogP) is 0.699. The summed E-state index contributed by atoms with van der Waals surface area (Å²) in [5.74, 6) is 0. The van der Waals surface area contributed by atoms with Crippen LogP contribution in [0, 0.1) is 0 Å². The van der Waals surface area contributed by atoms with Crippen LogP contribution in [0.15, 0.2) is 6.20 Å². The molecule has 3 N–H and O–H groups in total. The zero-order chi connectivity index (χ0) is 12.3. The molecule has 2 heterocycles. The molecule has 1 saturated heterocycles. The topological polar surface area (TPSA) is 88.7 Å². The van der Waals surface area contributed by atoms with Crippen molar-refractivity contribution >= 4 is 22.6 Å². The number of thiazole rings is 1. The highest BCUT2D eigenvalue weighted by molar-refractivity contribution is 7.15. The van der Waals surface area contributed by atoms with Crippen molar-refractivity contribution in [2.24, 2.45) is 5.73 Å². The van der Waals surface area contributed by atoms with Gasteiger partial charge in [0.1, 0.15) is 6.61 Å². The van der Waals surface area contributed by atoms with Gasteiger partial charge in [0.15, 0.2) is 5.13 Å². The smallest absolute Gasteiger partial charge is 0.404 e. The number of rotatable bonds is 3. The molecule has 0 spiro atoms. The average molecular weight is 257 g/mol. The Labute approximate surface area is 103 Å². The number of anilines is 1. The van der Waals surface area contributed by atoms with E-state index >= 15 is 0 Å². The average Bonchev–Trinajstić information content (AvgIpc) is 2.76. The van der Waals surface area contributed by atoms with E-state index in [0.29, 0.717) is 0 Å². The van der Waals surface area contributed by atoms with E-state index < -0.39 is 6.09 Å². The summed E-state index contributed by atoms with van der Waals surface area (Å²) in [6.45, 7) is 1.79. The number of carbonyl (C=O) groups excluding carboxylic acids is 1. The van der Waals surface area contributed by atoms with Crippen molar-refractivity contribution < 1.29 is 14.6 Å². The first-order valence-electron chi connectivity index (χ1n) is 5.45. The number of aromatic nitrogens is 1. The molecule has 0 bridgehead atoms. The number of hydrogen-bond donors (Lipinski definition) is 2. The molecule has 0 radical (unpaired) electrons. The van der Waals surface area contributed by atoms with Crippen molar-refractivity contribution in [2.45, 2.75) is 25.6 Å². The maximum atomic E-state index is 10.5. The van der Waals surface area contributed by atoms with Crippen LogP contribution in [-0.2, 0) is 11.3 Å². The van der Waals surface area contributed by atoms with Gasteiger partial charge >= 0.3 is 6.09 Å². The van der Waals surface area contributed by atoms with Gasteiger partial charge in [-0.2, -0.15) is 0 Å². The summed E-state index contributed by atoms with van der Waals surface area (Å²) in [4.78, 5) is 17.7. The fourth-order valence-electron chi connectivity index (χ4n) is 1.71. The molecule has 1 aliphatic heterocycles. The Morgan fingerprint density at radius 3 is 3.00 bits per heavy atom. The minimum Gasteiger partial charge on any atom is -0.444 e. The highest BCUT2D eigenvalue weighted by Crippen LogP contribution is 2.25. The van der Waals surface area contributed by atoms with Gasteiger partial charge in [0.05, 0.1) is 11.0 Å². The molecular weight excluding hydrogens is 242 g/mol. The maximum absolute atomic E-state index is 10.5. The van der Waals surface area contributed by atoms with E-state index in [1.807, 2.05) is 0 Å². The fourth-order valence-corrected chi connectivity index (χ4v) is 2.58. The van der Waals surface area contributed by atoms with Crippen molar-refractivity contribution in [2.75, 3.05) is 18.0 Å². The molecule has 2 rings (SSSR count). The molecule has 1 aliphatic rings. The maximum Gasteiger partial charge on any atom is 0.404 e. The molecule has 0 aromatic carbocycles. The van der Waals surface area contributed by atoms with E-state index in [-0.39, 0.29) is 12.7 Å². The van der Waals surface area contributed by atoms with E-state index in [4.69, 9.17) is 10.5 Å². The van der Waals surface area contributed by atoms with E-state index in [9.17, 15) is 9.90 Å². The molecular formula is C10H15N3O3S. The van der Waals surface area contributed by atoms with E-state index in [2.05, 4.69) is 9.88 Å². The van der Waals surface area contributed by atoms with Crippen LogP contribution in [0.2, 0.25) is 0 Å². The normalized spacial score (nSPS) is 17.1. The molecule has 1 aromatic heterocycles. The van der Waals surface area contributed by atoms with Gasteiger partial charge in [-0.15, -0.1) is 0 Å². The third-order valence-corrected chi connectivity index (χ3v) is 3.66. The third-order valence-electron chi connectivity index (χ3n) is 2.63. The van der Waals surface area contributed by atoms with Gasteiger partial charge in [-0.1, -0.05) is 11.3 Å². The molecule has 1 amide bonds. The summed E-state index contributed by atoms with van der Waals surface area (Å²) in [7, 11) is 0. The van der Waals surface area contributed by atoms with Crippen molar-refractivity contribution in [3.8, 4) is 0 Å². The largest absolute Gasteiger partial charge is 0.444 e. The number of primary amides is 1. The lowest BCUT2D eigenvalue weighted by Crippen LogP contribution is -2.35. The third kappa shape index (κ3) is 3.31. The number of nitrogens with zero attached hydrogens (tertiary/aromatic N) is 2. The van der Waals surface area contributed by atoms with Crippen LogP contribution in [-0.4, -0.2) is 35.4 Å². The summed E-state index contributed by atoms with van der Waals surface area (Å²) in [6.07, 6.45) is 2.26. The zero-order valence-corrected chi connectivity index (χ0v) is 10.2. The predicted molar refractivity (Wildman–Crippen MR) is 63.9 cm³/mol. The number of piperidine rings is 1. The molecule has 1 aromatic rings. The van der Waals surface area contributed by atoms with Crippen LogP contribution in [0.5, 0.6) is 0 Å². The van der Waals surface area contributed by atoms with Gasteiger partial charge < -0.3 is 20.5 Å². The SMILES string of the molecule is NC(=O)OCc1cnc(N2CCC(O)CC2)s1. The molecule has 0 unspecified atom stereocenters. The number of aliphatic hydroxyl groups is 1. The number of ether oxygens (including phenoxy) is 1. The Balaban J connectivity index is 1.91. The molecule has 0 saturated carbocycles. The molecule has 17 heavy (non-hydrogen) atoms. The van der Waals surface area contributed by atoms with Crippen molar-refractivity contribution in [1.29, 1.82) is 0 Å². The second kappa shape index (κ2) is 5.33. The van der Waals surface area contributed by atoms with Gasteiger partial charge in [0.2, 0.25) is 0 Å². The minimum absolute atomic E-state index is 0.170. The number of carbonyl (C=O) groups is 1. The second-order valence-corrected chi connectivity index (χ2v) is 5.03. The van der Waals surface area contributed by atoms with Gasteiger partial charge in [0.25, 0.3) is 0 Å². The van der Waals surface area contributed by atoms with Crippen LogP contribution >= 0.6 is 11.3 Å². The van der Waals surface area contributed by atoms with Crippen LogP contribution in [0.3, 0.4) is 0 Å². The van der Waals surface area contributed by atoms with Crippen molar-refractivity contribution in [3.63, 3.8) is 0 Å². The van der Waals surface area contributed by atoms with Gasteiger partial charge in [-0.3, -0.25) is 0 Å². The zero-order valence-electron chi connectivity index (χ0n) is 9.33. The lowest BCUT2D eigenvalue weighted by molar-refractivity contribution is 0.145. The first-order chi connectivity index (χ1) is 8.15. The molecule has 0 atom stereocenters. The number of hydrogen-bond acceptors (Lipinski definition) is 6. The molecule has 94 valence electrons. The van der Waals surface area contributed by atoms with Crippen molar-refractivity contribution in [3.05, 3.63) is 11.1 Å². The lowest BCUT2D eigenvalue weighted by atomic mass is 10.1. The molecule has 0 aliphatic carbocycles. The number of aliphatic hydroxyl groups excluding tert-OH is 1. The monoisotopic (exact) mass is 257 g/mol. The lowest BCUT2D eigenvalue weighted by Gasteiger charge is -2.29. The van der Waals surface area contributed by atoms with Crippen molar-refractivity contribution in [1.82, 2.24) is 4.98 Å². The minimum atomic E-state index is -0.777. The standard InChI is InChI=1S/C10H15N3O3S/c11-9(15)16-6-8-5-12-10(17-8)13-3-1-7(14)2-4-13/h5,7,14H,1-4,6H2,(H2,11,15). The van der Waals surface area contributed by atoms with Crippen LogP contribution < -0.4 is 10.6 Å². The number of amides is 1. The summed E-state index contributed by atoms with van der Waals surface area (Å²) in [6, 6.07) is 0. The molecule has 6 nitrogen and oxygen atoms in total. The van der Waals surface area contributed by atoms with Crippen LogP contribution in [0.1, 0.15) is 17.7 Å². The second-order valence-electron chi connectivity index (χ2n) is 3.94. The summed E-state index contributed by atoms with van der Waals surface area (Å²) in [5.41, 5.74) is 4.89. The summed E-state index contributed by atoms with van der Waals surface area (Å²) < 4.78 is 4.70. The highest BCUT2D eigenvalue weighted by atomic mass is 32.1. The Morgan fingerprint density at radius 2 is 2.35 bits per heavy atom. The first-order valence-corrected chi connectivity index (χ1v) is 6.27. The number of nitrogens with two attached hydrogens (primary N) is 1.